The first-order chi connectivity index (χ1) is 18.8. The molecule has 3 N–H and O–H groups in total. The molecule has 0 aromatic heterocycles. The van der Waals surface area contributed by atoms with Gasteiger partial charge >= 0.3 is 0 Å². The van der Waals surface area contributed by atoms with E-state index < -0.39 is 24.2 Å². The predicted octanol–water partition coefficient (Wildman–Crippen LogP) is 2.47. The van der Waals surface area contributed by atoms with Crippen molar-refractivity contribution >= 4 is 40.7 Å². The standard InChI is InChI=1S/C28H39IN2O8/c1-3-38-12-6-10-31(28(36)19-7-4-5-8-19)22-15-20(27(35)30-9-11-32)16-23(25(22)34)39-26-21(29)13-18(17-33)14-24(26)37-2/h13-14,16-17,19,22-23,25,32,34H,3-12,15H2,1-2H3,(H,30,35). The fourth-order valence-electron chi connectivity index (χ4n) is 5.17. The Hall–Kier alpha value is -2.22. The zero-order valence-corrected chi connectivity index (χ0v) is 24.7. The van der Waals surface area contributed by atoms with E-state index in [0.29, 0.717) is 58.7 Å². The van der Waals surface area contributed by atoms with Crippen molar-refractivity contribution in [1.82, 2.24) is 10.2 Å². The zero-order valence-electron chi connectivity index (χ0n) is 22.6. The maximum Gasteiger partial charge on any atom is 0.247 e. The maximum absolute atomic E-state index is 13.7. The number of aliphatic hydroxyl groups is 2. The molecule has 39 heavy (non-hydrogen) atoms. The summed E-state index contributed by atoms with van der Waals surface area (Å²) in [6.07, 6.45) is 4.49. The Labute approximate surface area is 243 Å². The van der Waals surface area contributed by atoms with Crippen LogP contribution in [0.2, 0.25) is 0 Å². The summed E-state index contributed by atoms with van der Waals surface area (Å²) >= 11 is 2.03. The summed E-state index contributed by atoms with van der Waals surface area (Å²) in [5.74, 6) is 0.109. The normalized spacial score (nSPS) is 21.3. The third-order valence-corrected chi connectivity index (χ3v) is 7.94. The van der Waals surface area contributed by atoms with E-state index in [9.17, 15) is 24.6 Å². The number of halogens is 1. The summed E-state index contributed by atoms with van der Waals surface area (Å²) in [7, 11) is 1.46. The van der Waals surface area contributed by atoms with Crippen LogP contribution in [-0.4, -0.2) is 91.5 Å². The van der Waals surface area contributed by atoms with E-state index in [-0.39, 0.29) is 31.4 Å². The molecule has 0 spiro atoms. The molecule has 3 unspecified atom stereocenters. The monoisotopic (exact) mass is 658 g/mol. The van der Waals surface area contributed by atoms with Gasteiger partial charge in [-0.25, -0.2) is 0 Å². The Bertz CT molecular complexity index is 1030. The molecule has 0 radical (unpaired) electrons. The van der Waals surface area contributed by atoms with Crippen LogP contribution >= 0.6 is 22.6 Å². The van der Waals surface area contributed by atoms with Crippen LogP contribution in [0.15, 0.2) is 23.8 Å². The minimum absolute atomic E-state index is 0.0219. The molecule has 0 bridgehead atoms. The molecule has 10 nitrogen and oxygen atoms in total. The van der Waals surface area contributed by atoms with Crippen LogP contribution in [0.3, 0.4) is 0 Å². The molecule has 216 valence electrons. The fraction of sp³-hybridized carbons (Fsp3) is 0.607. The minimum atomic E-state index is -1.14. The number of carbonyl (C=O) groups excluding carboxylic acids is 3. The molecule has 0 saturated heterocycles. The van der Waals surface area contributed by atoms with Gasteiger partial charge in [-0.3, -0.25) is 14.4 Å². The van der Waals surface area contributed by atoms with Crippen molar-refractivity contribution in [1.29, 1.82) is 0 Å². The molecule has 1 fully saturated rings. The van der Waals surface area contributed by atoms with Gasteiger partial charge in [0.15, 0.2) is 11.5 Å². The lowest BCUT2D eigenvalue weighted by molar-refractivity contribution is -0.143. The van der Waals surface area contributed by atoms with Crippen molar-refractivity contribution in [2.75, 3.05) is 40.0 Å². The van der Waals surface area contributed by atoms with Gasteiger partial charge in [-0.15, -0.1) is 0 Å². The van der Waals surface area contributed by atoms with Crippen LogP contribution < -0.4 is 14.8 Å². The number of aliphatic hydroxyl groups excluding tert-OH is 2. The van der Waals surface area contributed by atoms with E-state index in [2.05, 4.69) is 5.32 Å². The second-order valence-electron chi connectivity index (χ2n) is 9.73. The van der Waals surface area contributed by atoms with Crippen molar-refractivity contribution in [3.05, 3.63) is 32.9 Å². The Morgan fingerprint density at radius 2 is 2.00 bits per heavy atom. The first-order valence-corrected chi connectivity index (χ1v) is 14.6. The number of hydrogen-bond acceptors (Lipinski definition) is 8. The largest absolute Gasteiger partial charge is 0.493 e. The molecular weight excluding hydrogens is 619 g/mol. The predicted molar refractivity (Wildman–Crippen MR) is 153 cm³/mol. The Balaban J connectivity index is 1.97. The summed E-state index contributed by atoms with van der Waals surface area (Å²) in [4.78, 5) is 39.8. The summed E-state index contributed by atoms with van der Waals surface area (Å²) in [5, 5.41) is 23.5. The van der Waals surface area contributed by atoms with E-state index in [1.807, 2.05) is 29.5 Å². The number of nitrogens with one attached hydrogen (secondary N) is 1. The lowest BCUT2D eigenvalue weighted by Gasteiger charge is -2.41. The van der Waals surface area contributed by atoms with Crippen LogP contribution in [0.4, 0.5) is 0 Å². The molecule has 1 aromatic rings. The van der Waals surface area contributed by atoms with E-state index in [4.69, 9.17) is 14.2 Å². The molecule has 0 heterocycles. The third kappa shape index (κ3) is 8.15. The average molecular weight is 659 g/mol. The summed E-state index contributed by atoms with van der Waals surface area (Å²) in [6, 6.07) is 2.47. The highest BCUT2D eigenvalue weighted by molar-refractivity contribution is 14.1. The van der Waals surface area contributed by atoms with Crippen molar-refractivity contribution in [2.45, 2.75) is 63.7 Å². The van der Waals surface area contributed by atoms with E-state index in [0.717, 1.165) is 25.7 Å². The molecule has 3 atom stereocenters. The third-order valence-electron chi connectivity index (χ3n) is 7.14. The molecule has 1 saturated carbocycles. The first-order valence-electron chi connectivity index (χ1n) is 13.5. The van der Waals surface area contributed by atoms with E-state index >= 15 is 0 Å². The minimum Gasteiger partial charge on any atom is -0.493 e. The first kappa shape index (κ1) is 31.3. The van der Waals surface area contributed by atoms with Gasteiger partial charge in [-0.05, 0) is 67.0 Å². The van der Waals surface area contributed by atoms with Crippen LogP contribution in [0, 0.1) is 9.49 Å². The number of carbonyl (C=O) groups is 3. The average Bonchev–Trinajstić information content (AvgIpc) is 3.48. The molecular formula is C28H39IN2O8. The van der Waals surface area contributed by atoms with Crippen LogP contribution in [0.5, 0.6) is 11.5 Å². The van der Waals surface area contributed by atoms with Gasteiger partial charge in [0, 0.05) is 49.8 Å². The molecule has 0 aliphatic heterocycles. The van der Waals surface area contributed by atoms with Crippen molar-refractivity contribution in [2.24, 2.45) is 5.92 Å². The number of nitrogens with zero attached hydrogens (tertiary/aromatic N) is 1. The highest BCUT2D eigenvalue weighted by Gasteiger charge is 2.42. The number of benzene rings is 1. The van der Waals surface area contributed by atoms with Crippen molar-refractivity contribution < 1.29 is 38.8 Å². The molecule has 2 aliphatic rings. The van der Waals surface area contributed by atoms with Crippen LogP contribution in [-0.2, 0) is 14.3 Å². The van der Waals surface area contributed by atoms with Gasteiger partial charge in [-0.1, -0.05) is 12.8 Å². The van der Waals surface area contributed by atoms with Crippen LogP contribution in [0.1, 0.15) is 55.8 Å². The number of rotatable bonds is 14. The fourth-order valence-corrected chi connectivity index (χ4v) is 5.92. The summed E-state index contributed by atoms with van der Waals surface area (Å²) in [6.45, 7) is 3.20. The number of ether oxygens (including phenoxy) is 3. The van der Waals surface area contributed by atoms with Gasteiger partial charge < -0.3 is 34.6 Å². The van der Waals surface area contributed by atoms with Gasteiger partial charge in [0.05, 0.1) is 23.3 Å². The van der Waals surface area contributed by atoms with Gasteiger partial charge in [0.2, 0.25) is 11.8 Å². The van der Waals surface area contributed by atoms with E-state index in [1.165, 1.54) is 7.11 Å². The summed E-state index contributed by atoms with van der Waals surface area (Å²) < 4.78 is 17.8. The number of methoxy groups -OCH3 is 1. The Morgan fingerprint density at radius 3 is 2.64 bits per heavy atom. The molecule has 2 amide bonds. The number of hydrogen-bond donors (Lipinski definition) is 3. The maximum atomic E-state index is 13.7. The van der Waals surface area contributed by atoms with E-state index in [1.54, 1.807) is 23.1 Å². The molecule has 2 aliphatic carbocycles. The summed E-state index contributed by atoms with van der Waals surface area (Å²) in [5.41, 5.74) is 0.768. The molecule has 11 heteroatoms. The molecule has 1 aromatic carbocycles. The smallest absolute Gasteiger partial charge is 0.247 e. The lowest BCUT2D eigenvalue weighted by atomic mass is 9.87. The highest BCUT2D eigenvalue weighted by atomic mass is 127. The van der Waals surface area contributed by atoms with Gasteiger partial charge in [0.1, 0.15) is 18.5 Å². The Morgan fingerprint density at radius 1 is 1.26 bits per heavy atom. The number of amides is 2. The highest BCUT2D eigenvalue weighted by Crippen LogP contribution is 2.37. The topological polar surface area (TPSA) is 135 Å². The quantitative estimate of drug-likeness (QED) is 0.158. The van der Waals surface area contributed by atoms with Crippen LogP contribution in [0.25, 0.3) is 0 Å². The lowest BCUT2D eigenvalue weighted by Crippen LogP contribution is -2.56. The second-order valence-corrected chi connectivity index (χ2v) is 10.9. The van der Waals surface area contributed by atoms with Gasteiger partial charge in [-0.2, -0.15) is 0 Å². The van der Waals surface area contributed by atoms with Crippen molar-refractivity contribution in [3.8, 4) is 11.5 Å². The zero-order chi connectivity index (χ0) is 28.4. The number of aldehydes is 1. The van der Waals surface area contributed by atoms with Crippen molar-refractivity contribution in [3.63, 3.8) is 0 Å². The molecule has 3 rings (SSSR count). The second kappa shape index (κ2) is 15.5. The Kier molecular flexibility index (Phi) is 12.5. The SMILES string of the molecule is CCOCCCN(C(=O)C1CCCC1)C1CC(C(=O)NCCO)=CC(Oc2c(I)cc(C=O)cc2OC)C1O. The van der Waals surface area contributed by atoms with Gasteiger partial charge in [0.25, 0.3) is 0 Å².